The van der Waals surface area contributed by atoms with Crippen molar-refractivity contribution in [2.45, 2.75) is 31.7 Å². The van der Waals surface area contributed by atoms with Crippen molar-refractivity contribution in [3.63, 3.8) is 0 Å². The topological polar surface area (TPSA) is 66.5 Å². The van der Waals surface area contributed by atoms with Gasteiger partial charge in [-0.05, 0) is 54.0 Å². The summed E-state index contributed by atoms with van der Waals surface area (Å²) in [6, 6.07) is 13.1. The van der Waals surface area contributed by atoms with E-state index in [0.717, 1.165) is 5.56 Å². The highest BCUT2D eigenvalue weighted by molar-refractivity contribution is 9.10. The number of carbonyl (C=O) groups excluding carboxylic acids is 1. The van der Waals surface area contributed by atoms with Gasteiger partial charge in [0.15, 0.2) is 0 Å². The standard InChI is InChI=1S/C18H21BrN2O3S/c1-4-21(25(23,24)17-8-6-5-7-16(17)19)14(3)18(22)20-15-11-9-13(2)10-12-15/h5-12,14H,4H2,1-3H3,(H,20,22). The third kappa shape index (κ3) is 4.48. The van der Waals surface area contributed by atoms with E-state index >= 15 is 0 Å². The number of sulfonamides is 1. The fourth-order valence-electron chi connectivity index (χ4n) is 2.45. The lowest BCUT2D eigenvalue weighted by molar-refractivity contribution is -0.119. The van der Waals surface area contributed by atoms with Crippen molar-refractivity contribution in [2.75, 3.05) is 11.9 Å². The van der Waals surface area contributed by atoms with Crippen molar-refractivity contribution in [2.24, 2.45) is 0 Å². The Morgan fingerprint density at radius 2 is 1.76 bits per heavy atom. The molecule has 5 nitrogen and oxygen atoms in total. The Balaban J connectivity index is 2.25. The van der Waals surface area contributed by atoms with Crippen molar-refractivity contribution in [3.05, 3.63) is 58.6 Å². The second-order valence-electron chi connectivity index (χ2n) is 5.67. The second-order valence-corrected chi connectivity index (χ2v) is 8.38. The number of anilines is 1. The fourth-order valence-corrected chi connectivity index (χ4v) is 5.01. The first-order valence-corrected chi connectivity index (χ1v) is 10.1. The SMILES string of the molecule is CCN(C(C)C(=O)Nc1ccc(C)cc1)S(=O)(=O)c1ccccc1Br. The maximum atomic E-state index is 12.9. The molecule has 25 heavy (non-hydrogen) atoms. The summed E-state index contributed by atoms with van der Waals surface area (Å²) in [5.41, 5.74) is 1.72. The third-order valence-electron chi connectivity index (χ3n) is 3.87. The maximum Gasteiger partial charge on any atom is 0.244 e. The van der Waals surface area contributed by atoms with E-state index in [1.54, 1.807) is 44.2 Å². The predicted octanol–water partition coefficient (Wildman–Crippen LogP) is 3.80. The van der Waals surface area contributed by atoms with Crippen LogP contribution in [0.4, 0.5) is 5.69 Å². The van der Waals surface area contributed by atoms with Crippen molar-refractivity contribution >= 4 is 37.5 Å². The van der Waals surface area contributed by atoms with Crippen LogP contribution >= 0.6 is 15.9 Å². The molecule has 2 aromatic carbocycles. The van der Waals surface area contributed by atoms with Crippen molar-refractivity contribution in [1.82, 2.24) is 4.31 Å². The molecule has 1 unspecified atom stereocenters. The zero-order chi connectivity index (χ0) is 18.6. The van der Waals surface area contributed by atoms with Gasteiger partial charge >= 0.3 is 0 Å². The van der Waals surface area contributed by atoms with E-state index in [4.69, 9.17) is 0 Å². The molecule has 7 heteroatoms. The molecule has 1 atom stereocenters. The van der Waals surface area contributed by atoms with E-state index in [0.29, 0.717) is 10.2 Å². The zero-order valence-corrected chi connectivity index (χ0v) is 16.8. The van der Waals surface area contributed by atoms with Gasteiger partial charge in [0.1, 0.15) is 6.04 Å². The molecule has 134 valence electrons. The molecule has 2 aromatic rings. The molecule has 0 bridgehead atoms. The number of rotatable bonds is 6. The minimum absolute atomic E-state index is 0.145. The number of benzene rings is 2. The van der Waals surface area contributed by atoms with Gasteiger partial charge in [-0.3, -0.25) is 4.79 Å². The third-order valence-corrected chi connectivity index (χ3v) is 6.92. The summed E-state index contributed by atoms with van der Waals surface area (Å²) in [6.45, 7) is 5.44. The normalized spacial score (nSPS) is 12.8. The lowest BCUT2D eigenvalue weighted by Crippen LogP contribution is -2.45. The Morgan fingerprint density at radius 1 is 1.16 bits per heavy atom. The number of amides is 1. The van der Waals surface area contributed by atoms with E-state index in [-0.39, 0.29) is 17.3 Å². The number of hydrogen-bond donors (Lipinski definition) is 1. The van der Waals surface area contributed by atoms with Crippen molar-refractivity contribution < 1.29 is 13.2 Å². The van der Waals surface area contributed by atoms with Crippen LogP contribution in [-0.2, 0) is 14.8 Å². The van der Waals surface area contributed by atoms with Gasteiger partial charge in [-0.15, -0.1) is 0 Å². The van der Waals surface area contributed by atoms with E-state index in [9.17, 15) is 13.2 Å². The van der Waals surface area contributed by atoms with Crippen LogP contribution in [0, 0.1) is 6.92 Å². The number of halogens is 1. The molecule has 1 N–H and O–H groups in total. The first-order chi connectivity index (χ1) is 11.8. The Kier molecular flexibility index (Phi) is 6.37. The summed E-state index contributed by atoms with van der Waals surface area (Å²) < 4.78 is 27.5. The van der Waals surface area contributed by atoms with Gasteiger partial charge in [0.25, 0.3) is 0 Å². The molecule has 0 heterocycles. The zero-order valence-electron chi connectivity index (χ0n) is 14.4. The minimum Gasteiger partial charge on any atom is -0.325 e. The minimum atomic E-state index is -3.80. The lowest BCUT2D eigenvalue weighted by atomic mass is 10.2. The van der Waals surface area contributed by atoms with Crippen LogP contribution in [0.3, 0.4) is 0 Å². The highest BCUT2D eigenvalue weighted by Gasteiger charge is 2.32. The van der Waals surface area contributed by atoms with Gasteiger partial charge in [-0.2, -0.15) is 4.31 Å². The van der Waals surface area contributed by atoms with Crippen LogP contribution in [0.25, 0.3) is 0 Å². The largest absolute Gasteiger partial charge is 0.325 e. The van der Waals surface area contributed by atoms with Gasteiger partial charge in [0.2, 0.25) is 15.9 Å². The maximum absolute atomic E-state index is 12.9. The summed E-state index contributed by atoms with van der Waals surface area (Å²) in [6.07, 6.45) is 0. The molecule has 0 aromatic heterocycles. The summed E-state index contributed by atoms with van der Waals surface area (Å²) in [5, 5.41) is 2.77. The summed E-state index contributed by atoms with van der Waals surface area (Å²) >= 11 is 3.27. The number of nitrogens with one attached hydrogen (secondary N) is 1. The van der Waals surface area contributed by atoms with E-state index < -0.39 is 16.1 Å². The van der Waals surface area contributed by atoms with Gasteiger partial charge in [-0.25, -0.2) is 8.42 Å². The molecule has 0 spiro atoms. The Morgan fingerprint density at radius 3 is 2.32 bits per heavy atom. The first-order valence-electron chi connectivity index (χ1n) is 7.91. The van der Waals surface area contributed by atoms with Gasteiger partial charge in [0, 0.05) is 16.7 Å². The molecule has 0 aliphatic rings. The van der Waals surface area contributed by atoms with Crippen LogP contribution in [0.2, 0.25) is 0 Å². The number of nitrogens with zero attached hydrogens (tertiary/aromatic N) is 1. The molecule has 0 saturated carbocycles. The van der Waals surface area contributed by atoms with Crippen LogP contribution in [0.1, 0.15) is 19.4 Å². The Labute approximate surface area is 157 Å². The highest BCUT2D eigenvalue weighted by Crippen LogP contribution is 2.26. The van der Waals surface area contributed by atoms with Crippen LogP contribution < -0.4 is 5.32 Å². The predicted molar refractivity (Wildman–Crippen MR) is 103 cm³/mol. The van der Waals surface area contributed by atoms with Gasteiger partial charge in [-0.1, -0.05) is 36.8 Å². The molecule has 2 rings (SSSR count). The van der Waals surface area contributed by atoms with E-state index in [1.165, 1.54) is 10.4 Å². The van der Waals surface area contributed by atoms with Crippen molar-refractivity contribution in [3.8, 4) is 0 Å². The second kappa shape index (κ2) is 8.12. The molecule has 0 aliphatic carbocycles. The number of hydrogen-bond acceptors (Lipinski definition) is 3. The Bertz CT molecular complexity index is 851. The fraction of sp³-hybridized carbons (Fsp3) is 0.278. The smallest absolute Gasteiger partial charge is 0.244 e. The Hall–Kier alpha value is -1.70. The molecule has 0 saturated heterocycles. The first kappa shape index (κ1) is 19.6. The molecule has 0 fully saturated rings. The van der Waals surface area contributed by atoms with Gasteiger partial charge in [0.05, 0.1) is 4.90 Å². The van der Waals surface area contributed by atoms with Crippen molar-refractivity contribution in [1.29, 1.82) is 0 Å². The molecule has 0 radical (unpaired) electrons. The number of likely N-dealkylation sites (N-methyl/N-ethyl adjacent to an activating group) is 1. The summed E-state index contributed by atoms with van der Waals surface area (Å²) in [7, 11) is -3.80. The van der Waals surface area contributed by atoms with Crippen LogP contribution in [-0.4, -0.2) is 31.2 Å². The quantitative estimate of drug-likeness (QED) is 0.766. The molecule has 0 aliphatic heterocycles. The highest BCUT2D eigenvalue weighted by atomic mass is 79.9. The summed E-state index contributed by atoms with van der Waals surface area (Å²) in [4.78, 5) is 12.7. The summed E-state index contributed by atoms with van der Waals surface area (Å²) in [5.74, 6) is -0.374. The van der Waals surface area contributed by atoms with Crippen LogP contribution in [0.5, 0.6) is 0 Å². The van der Waals surface area contributed by atoms with E-state index in [1.807, 2.05) is 19.1 Å². The molecular weight excluding hydrogens is 404 g/mol. The van der Waals surface area contributed by atoms with Gasteiger partial charge < -0.3 is 5.32 Å². The average Bonchev–Trinajstić information content (AvgIpc) is 2.57. The average molecular weight is 425 g/mol. The number of aryl methyl sites for hydroxylation is 1. The number of carbonyl (C=O) groups is 1. The lowest BCUT2D eigenvalue weighted by Gasteiger charge is -2.26. The van der Waals surface area contributed by atoms with Crippen LogP contribution in [0.15, 0.2) is 57.9 Å². The molecule has 1 amide bonds. The molecular formula is C18H21BrN2O3S. The monoisotopic (exact) mass is 424 g/mol. The van der Waals surface area contributed by atoms with E-state index in [2.05, 4.69) is 21.2 Å².